The van der Waals surface area contributed by atoms with Crippen molar-refractivity contribution in [2.45, 2.75) is 12.5 Å². The fourth-order valence-corrected chi connectivity index (χ4v) is 3.29. The SMILES string of the molecule is O=C(N[C@H]1COc2ccccc2-n2cnnc21)c1n[nH]c(Cc2ccccc2)n1. The van der Waals surface area contributed by atoms with E-state index in [9.17, 15) is 4.79 Å². The van der Waals surface area contributed by atoms with Crippen LogP contribution in [0.5, 0.6) is 5.75 Å². The molecule has 0 fully saturated rings. The predicted molar refractivity (Wildman–Crippen MR) is 103 cm³/mol. The molecule has 2 N–H and O–H groups in total. The molecule has 0 radical (unpaired) electrons. The molecule has 9 nitrogen and oxygen atoms in total. The minimum absolute atomic E-state index is 0.0729. The number of H-pyrrole nitrogens is 1. The lowest BCUT2D eigenvalue weighted by atomic mass is 10.1. The van der Waals surface area contributed by atoms with Crippen molar-refractivity contribution in [1.82, 2.24) is 35.3 Å². The lowest BCUT2D eigenvalue weighted by Gasteiger charge is -2.14. The van der Waals surface area contributed by atoms with Gasteiger partial charge in [-0.3, -0.25) is 14.5 Å². The molecule has 0 bridgehead atoms. The van der Waals surface area contributed by atoms with Crippen LogP contribution in [0.15, 0.2) is 60.9 Å². The van der Waals surface area contributed by atoms with E-state index in [4.69, 9.17) is 4.74 Å². The molecular weight excluding hydrogens is 370 g/mol. The number of carbonyl (C=O) groups is 1. The Hall–Kier alpha value is -4.01. The zero-order chi connectivity index (χ0) is 19.6. The fraction of sp³-hybridized carbons (Fsp3) is 0.150. The number of hydrogen-bond donors (Lipinski definition) is 2. The minimum Gasteiger partial charge on any atom is -0.489 e. The van der Waals surface area contributed by atoms with Crippen LogP contribution in [0.3, 0.4) is 0 Å². The summed E-state index contributed by atoms with van der Waals surface area (Å²) in [6, 6.07) is 17.0. The van der Waals surface area contributed by atoms with Gasteiger partial charge in [0.15, 0.2) is 5.82 Å². The third kappa shape index (κ3) is 3.33. The van der Waals surface area contributed by atoms with Crippen LogP contribution in [0, 0.1) is 0 Å². The summed E-state index contributed by atoms with van der Waals surface area (Å²) in [5.74, 6) is 1.57. The van der Waals surface area contributed by atoms with Crippen LogP contribution in [-0.2, 0) is 6.42 Å². The lowest BCUT2D eigenvalue weighted by molar-refractivity contribution is 0.0909. The largest absolute Gasteiger partial charge is 0.489 e. The Morgan fingerprint density at radius 1 is 1.17 bits per heavy atom. The highest BCUT2D eigenvalue weighted by Gasteiger charge is 2.28. The Kier molecular flexibility index (Phi) is 4.24. The second-order valence-corrected chi connectivity index (χ2v) is 6.63. The van der Waals surface area contributed by atoms with Crippen LogP contribution in [0.4, 0.5) is 0 Å². The maximum Gasteiger partial charge on any atom is 0.291 e. The number of nitrogens with zero attached hydrogens (tertiary/aromatic N) is 5. The predicted octanol–water partition coefficient (Wildman–Crippen LogP) is 1.84. The molecule has 144 valence electrons. The molecule has 0 saturated carbocycles. The van der Waals surface area contributed by atoms with Gasteiger partial charge in [0.2, 0.25) is 5.82 Å². The highest BCUT2D eigenvalue weighted by atomic mass is 16.5. The Morgan fingerprint density at radius 3 is 2.90 bits per heavy atom. The standard InChI is InChI=1S/C20H17N7O2/c28-20(18-23-17(24-25-18)10-13-6-2-1-3-7-13)22-14-11-29-16-9-5-4-8-15(16)27-12-21-26-19(14)27/h1-9,12,14H,10-11H2,(H,22,28)(H,23,24,25)/t14-/m0/s1. The third-order valence-electron chi connectivity index (χ3n) is 4.67. The molecule has 4 aromatic rings. The summed E-state index contributed by atoms with van der Waals surface area (Å²) in [4.78, 5) is 17.0. The van der Waals surface area contributed by atoms with Gasteiger partial charge in [-0.05, 0) is 17.7 Å². The summed E-state index contributed by atoms with van der Waals surface area (Å²) < 4.78 is 7.68. The molecule has 0 saturated heterocycles. The van der Waals surface area contributed by atoms with E-state index in [1.165, 1.54) is 0 Å². The number of carbonyl (C=O) groups excluding carboxylic acids is 1. The van der Waals surface area contributed by atoms with Gasteiger partial charge in [0, 0.05) is 6.42 Å². The topological polar surface area (TPSA) is 111 Å². The van der Waals surface area contributed by atoms with Gasteiger partial charge in [-0.25, -0.2) is 4.98 Å². The second kappa shape index (κ2) is 7.19. The fourth-order valence-electron chi connectivity index (χ4n) is 3.29. The van der Waals surface area contributed by atoms with E-state index in [1.54, 1.807) is 6.33 Å². The summed E-state index contributed by atoms with van der Waals surface area (Å²) in [7, 11) is 0. The zero-order valence-electron chi connectivity index (χ0n) is 15.3. The quantitative estimate of drug-likeness (QED) is 0.553. The summed E-state index contributed by atoms with van der Waals surface area (Å²) in [5, 5.41) is 17.9. The summed E-state index contributed by atoms with van der Waals surface area (Å²) in [5.41, 5.74) is 1.91. The van der Waals surface area contributed by atoms with Crippen molar-refractivity contribution in [2.75, 3.05) is 6.61 Å². The first-order valence-corrected chi connectivity index (χ1v) is 9.16. The Bertz CT molecular complexity index is 1150. The zero-order valence-corrected chi connectivity index (χ0v) is 15.3. The van der Waals surface area contributed by atoms with Crippen LogP contribution in [0.25, 0.3) is 5.69 Å². The van der Waals surface area contributed by atoms with Crippen molar-refractivity contribution in [3.63, 3.8) is 0 Å². The van der Waals surface area contributed by atoms with E-state index in [-0.39, 0.29) is 12.4 Å². The maximum absolute atomic E-state index is 12.7. The highest BCUT2D eigenvalue weighted by Crippen LogP contribution is 2.29. The molecule has 5 rings (SSSR count). The van der Waals surface area contributed by atoms with Gasteiger partial charge in [0.05, 0.1) is 5.69 Å². The van der Waals surface area contributed by atoms with Gasteiger partial charge in [0.25, 0.3) is 5.91 Å². The van der Waals surface area contributed by atoms with Gasteiger partial charge in [-0.2, -0.15) is 0 Å². The molecule has 1 atom stereocenters. The average Bonchev–Trinajstić information content (AvgIpc) is 3.39. The van der Waals surface area contributed by atoms with Crippen molar-refractivity contribution in [3.05, 3.63) is 84.0 Å². The normalized spacial score (nSPS) is 15.0. The van der Waals surface area contributed by atoms with E-state index >= 15 is 0 Å². The van der Waals surface area contributed by atoms with Crippen molar-refractivity contribution in [1.29, 1.82) is 0 Å². The smallest absolute Gasteiger partial charge is 0.291 e. The van der Waals surface area contributed by atoms with Crippen LogP contribution in [-0.4, -0.2) is 42.5 Å². The number of fused-ring (bicyclic) bond motifs is 3. The number of amides is 1. The summed E-state index contributed by atoms with van der Waals surface area (Å²) in [6.07, 6.45) is 2.17. The number of nitrogens with one attached hydrogen (secondary N) is 2. The second-order valence-electron chi connectivity index (χ2n) is 6.63. The van der Waals surface area contributed by atoms with Gasteiger partial charge < -0.3 is 10.1 Å². The third-order valence-corrected chi connectivity index (χ3v) is 4.67. The first kappa shape index (κ1) is 17.1. The van der Waals surface area contributed by atoms with Crippen molar-refractivity contribution in [2.24, 2.45) is 0 Å². The molecule has 1 aliphatic heterocycles. The Balaban J connectivity index is 1.34. The van der Waals surface area contributed by atoms with Crippen molar-refractivity contribution in [3.8, 4) is 11.4 Å². The van der Waals surface area contributed by atoms with E-state index < -0.39 is 11.9 Å². The number of aromatic nitrogens is 6. The maximum atomic E-state index is 12.7. The molecule has 29 heavy (non-hydrogen) atoms. The molecule has 1 amide bonds. The first-order chi connectivity index (χ1) is 14.3. The van der Waals surface area contributed by atoms with Gasteiger partial charge in [-0.1, -0.05) is 42.5 Å². The molecule has 2 aromatic heterocycles. The molecular formula is C20H17N7O2. The lowest BCUT2D eigenvalue weighted by Crippen LogP contribution is -2.34. The van der Waals surface area contributed by atoms with Gasteiger partial charge >= 0.3 is 0 Å². The number of para-hydroxylation sites is 2. The van der Waals surface area contributed by atoms with Crippen LogP contribution < -0.4 is 10.1 Å². The number of ether oxygens (including phenoxy) is 1. The molecule has 0 aliphatic carbocycles. The Labute approximate surface area is 165 Å². The molecule has 1 aliphatic rings. The minimum atomic E-state index is -0.492. The highest BCUT2D eigenvalue weighted by molar-refractivity contribution is 5.90. The number of aromatic amines is 1. The van der Waals surface area contributed by atoms with Crippen LogP contribution in [0.1, 0.15) is 33.9 Å². The van der Waals surface area contributed by atoms with Gasteiger partial charge in [0.1, 0.15) is 30.5 Å². The molecule has 3 heterocycles. The van der Waals surface area contributed by atoms with Crippen LogP contribution in [0.2, 0.25) is 0 Å². The summed E-state index contributed by atoms with van der Waals surface area (Å²) >= 11 is 0. The number of hydrogen-bond acceptors (Lipinski definition) is 6. The van der Waals surface area contributed by atoms with E-state index in [0.717, 1.165) is 11.3 Å². The molecule has 0 unspecified atom stereocenters. The molecule has 9 heteroatoms. The number of benzene rings is 2. The molecule has 0 spiro atoms. The first-order valence-electron chi connectivity index (χ1n) is 9.16. The van der Waals surface area contributed by atoms with E-state index in [1.807, 2.05) is 59.2 Å². The number of rotatable bonds is 4. The van der Waals surface area contributed by atoms with Crippen molar-refractivity contribution < 1.29 is 9.53 Å². The van der Waals surface area contributed by atoms with Crippen LogP contribution >= 0.6 is 0 Å². The van der Waals surface area contributed by atoms with Crippen molar-refractivity contribution >= 4 is 5.91 Å². The van der Waals surface area contributed by atoms with E-state index in [2.05, 4.69) is 30.7 Å². The van der Waals surface area contributed by atoms with E-state index in [0.29, 0.717) is 23.8 Å². The molecule has 2 aromatic carbocycles. The summed E-state index contributed by atoms with van der Waals surface area (Å²) in [6.45, 7) is 0.225. The Morgan fingerprint density at radius 2 is 2.00 bits per heavy atom. The monoisotopic (exact) mass is 387 g/mol. The van der Waals surface area contributed by atoms with Gasteiger partial charge in [-0.15, -0.1) is 15.3 Å². The average molecular weight is 387 g/mol.